The molecule has 1 heteroatoms. The first kappa shape index (κ1) is 19.1. The van der Waals surface area contributed by atoms with Crippen molar-refractivity contribution in [3.8, 4) is 0 Å². The van der Waals surface area contributed by atoms with E-state index in [2.05, 4.69) is 62.8 Å². The minimum Gasteiger partial charge on any atom is -0.325 e. The summed E-state index contributed by atoms with van der Waals surface area (Å²) in [6.45, 7) is 5.18. The number of hydrogen-bond acceptors (Lipinski definition) is 0. The third-order valence-electron chi connectivity index (χ3n) is 8.52. The van der Waals surface area contributed by atoms with Crippen LogP contribution < -0.4 is 0 Å². The Bertz CT molecular complexity index is 730. The molecule has 26 heavy (non-hydrogen) atoms. The maximum Gasteiger partial charge on any atom is 0 e. The van der Waals surface area contributed by atoms with Crippen molar-refractivity contribution < 1.29 is 32.7 Å². The van der Waals surface area contributed by atoms with Crippen molar-refractivity contribution >= 4 is 5.57 Å². The molecule has 0 aliphatic heterocycles. The third-order valence-corrected chi connectivity index (χ3v) is 8.52. The van der Waals surface area contributed by atoms with Crippen LogP contribution >= 0.6 is 0 Å². The van der Waals surface area contributed by atoms with Gasteiger partial charge in [-0.15, -0.1) is 0 Å². The van der Waals surface area contributed by atoms with Crippen LogP contribution in [0.3, 0.4) is 0 Å². The Hall–Kier alpha value is -0.196. The van der Waals surface area contributed by atoms with E-state index in [1.165, 1.54) is 50.5 Å². The maximum atomic E-state index is 2.66. The Morgan fingerprint density at radius 1 is 0.923 bits per heavy atom. The molecule has 0 heterocycles. The molecule has 2 fully saturated rings. The molecule has 0 N–H and O–H groups in total. The zero-order valence-corrected chi connectivity index (χ0v) is 19.2. The van der Waals surface area contributed by atoms with Gasteiger partial charge < -0.3 is 6.42 Å². The summed E-state index contributed by atoms with van der Waals surface area (Å²) in [6, 6.07) is 11.2. The minimum atomic E-state index is 0. The van der Waals surface area contributed by atoms with E-state index in [-0.39, 0.29) is 32.7 Å². The van der Waals surface area contributed by atoms with Gasteiger partial charge in [0, 0.05) is 32.7 Å². The van der Waals surface area contributed by atoms with E-state index < -0.39 is 0 Å². The Morgan fingerprint density at radius 3 is 2.54 bits per heavy atom. The van der Waals surface area contributed by atoms with Crippen LogP contribution in [0.4, 0.5) is 0 Å². The molecule has 5 atom stereocenters. The van der Waals surface area contributed by atoms with Crippen LogP contribution in [0.1, 0.15) is 64.4 Å². The van der Waals surface area contributed by atoms with Gasteiger partial charge in [-0.3, -0.25) is 0 Å². The molecule has 5 rings (SSSR count). The summed E-state index contributed by atoms with van der Waals surface area (Å²) in [5, 5.41) is 0. The van der Waals surface area contributed by atoms with Gasteiger partial charge in [0.15, 0.2) is 0 Å². The van der Waals surface area contributed by atoms with Crippen LogP contribution in [0, 0.1) is 35.0 Å². The van der Waals surface area contributed by atoms with Crippen molar-refractivity contribution in [2.75, 3.05) is 0 Å². The van der Waals surface area contributed by atoms with Gasteiger partial charge in [0.25, 0.3) is 0 Å². The van der Waals surface area contributed by atoms with Gasteiger partial charge in [0.1, 0.15) is 0 Å². The second-order valence-corrected chi connectivity index (χ2v) is 9.47. The predicted octanol–water partition coefficient (Wildman–Crippen LogP) is 6.84. The molecule has 4 aliphatic rings. The minimum absolute atomic E-state index is 0. The van der Waals surface area contributed by atoms with Crippen LogP contribution in [0.2, 0.25) is 0 Å². The summed E-state index contributed by atoms with van der Waals surface area (Å²) in [5.74, 6) is 2.66. The Kier molecular flexibility index (Phi) is 5.15. The van der Waals surface area contributed by atoms with E-state index in [9.17, 15) is 0 Å². The molecule has 2 saturated carbocycles. The quantitative estimate of drug-likeness (QED) is 0.345. The SMILES string of the molecule is C[C@]12CC[CH-]CC1=CCC1C2CC[C@]2(C)C(c3ccccc3)=CCC12.[Y]. The zero-order chi connectivity index (χ0) is 17.1. The number of hydrogen-bond donors (Lipinski definition) is 0. The standard InChI is InChI=1S/C25H31.Y/c1-24-16-7-6-10-19(24)11-12-20-22-14-13-21(18-8-4-3-5-9-18)25(22,2)17-15-23(20)24;/h3-6,8-9,11,13,20,22-23H,7,10,12,14-17H2,1-2H3;/q-1;/t20?,22?,23?,24-,25+;/m0./s1. The van der Waals surface area contributed by atoms with Crippen molar-refractivity contribution in [1.29, 1.82) is 0 Å². The van der Waals surface area contributed by atoms with Crippen molar-refractivity contribution in [3.63, 3.8) is 0 Å². The summed E-state index contributed by atoms with van der Waals surface area (Å²) in [5.41, 5.74) is 5.78. The van der Waals surface area contributed by atoms with Crippen molar-refractivity contribution in [3.05, 3.63) is 60.0 Å². The fourth-order valence-electron chi connectivity index (χ4n) is 7.11. The fourth-order valence-corrected chi connectivity index (χ4v) is 7.11. The second-order valence-electron chi connectivity index (χ2n) is 9.47. The van der Waals surface area contributed by atoms with Crippen molar-refractivity contribution in [2.45, 2.75) is 58.8 Å². The molecule has 4 aliphatic carbocycles. The molecule has 0 aromatic heterocycles. The van der Waals surface area contributed by atoms with E-state index in [1.54, 1.807) is 11.1 Å². The summed E-state index contributed by atoms with van der Waals surface area (Å²) >= 11 is 0. The van der Waals surface area contributed by atoms with Gasteiger partial charge in [-0.05, 0) is 65.4 Å². The topological polar surface area (TPSA) is 0 Å². The number of benzene rings is 1. The molecule has 1 aromatic rings. The van der Waals surface area contributed by atoms with Crippen LogP contribution in [0.15, 0.2) is 48.1 Å². The van der Waals surface area contributed by atoms with Crippen LogP contribution in [0.25, 0.3) is 5.57 Å². The summed E-state index contributed by atoms with van der Waals surface area (Å²) in [4.78, 5) is 0. The normalized spacial score (nSPS) is 41.1. The third kappa shape index (κ3) is 2.69. The molecule has 3 unspecified atom stereocenters. The number of allylic oxidation sites excluding steroid dienone is 4. The summed E-state index contributed by atoms with van der Waals surface area (Å²) < 4.78 is 0. The maximum absolute atomic E-state index is 2.66. The molecular weight excluding hydrogens is 389 g/mol. The predicted molar refractivity (Wildman–Crippen MR) is 106 cm³/mol. The van der Waals surface area contributed by atoms with Gasteiger partial charge >= 0.3 is 0 Å². The molecular formula is C25H31Y-. The monoisotopic (exact) mass is 420 g/mol. The first-order valence-corrected chi connectivity index (χ1v) is 10.4. The second kappa shape index (κ2) is 7.00. The molecule has 0 spiro atoms. The first-order chi connectivity index (χ1) is 12.1. The van der Waals surface area contributed by atoms with Crippen LogP contribution in [0.5, 0.6) is 0 Å². The first-order valence-electron chi connectivity index (χ1n) is 10.4. The smallest absolute Gasteiger partial charge is 0 e. The van der Waals surface area contributed by atoms with Gasteiger partial charge in [-0.2, -0.15) is 12.8 Å². The molecule has 0 saturated heterocycles. The van der Waals surface area contributed by atoms with Gasteiger partial charge in [0.05, 0.1) is 0 Å². The summed E-state index contributed by atoms with van der Waals surface area (Å²) in [6.07, 6.45) is 17.2. The molecule has 1 aromatic carbocycles. The van der Waals surface area contributed by atoms with Crippen LogP contribution in [-0.4, -0.2) is 0 Å². The van der Waals surface area contributed by atoms with E-state index in [0.29, 0.717) is 10.8 Å². The van der Waals surface area contributed by atoms with E-state index >= 15 is 0 Å². The van der Waals surface area contributed by atoms with Crippen molar-refractivity contribution in [1.82, 2.24) is 0 Å². The van der Waals surface area contributed by atoms with E-state index in [1.807, 2.05) is 0 Å². The average Bonchev–Trinajstić information content (AvgIpc) is 2.99. The largest absolute Gasteiger partial charge is 0.325 e. The average molecular weight is 420 g/mol. The Balaban J connectivity index is 0.00000168. The van der Waals surface area contributed by atoms with E-state index in [0.717, 1.165) is 17.8 Å². The van der Waals surface area contributed by atoms with Gasteiger partial charge in [0.2, 0.25) is 0 Å². The molecule has 0 nitrogen and oxygen atoms in total. The Morgan fingerprint density at radius 2 is 1.73 bits per heavy atom. The number of rotatable bonds is 1. The van der Waals surface area contributed by atoms with Gasteiger partial charge in [-0.1, -0.05) is 68.3 Å². The molecule has 135 valence electrons. The fraction of sp³-hybridized carbons (Fsp3) is 0.560. The van der Waals surface area contributed by atoms with E-state index in [4.69, 9.17) is 0 Å². The van der Waals surface area contributed by atoms with Crippen molar-refractivity contribution in [2.24, 2.45) is 28.6 Å². The molecule has 0 bridgehead atoms. The van der Waals surface area contributed by atoms with Crippen LogP contribution in [-0.2, 0) is 32.7 Å². The zero-order valence-electron chi connectivity index (χ0n) is 16.4. The molecule has 0 amide bonds. The summed E-state index contributed by atoms with van der Waals surface area (Å²) in [7, 11) is 0. The Labute approximate surface area is 184 Å². The number of fused-ring (bicyclic) bond motifs is 5. The molecule has 1 radical (unpaired) electrons. The van der Waals surface area contributed by atoms with Gasteiger partial charge in [-0.25, -0.2) is 0 Å².